The van der Waals surface area contributed by atoms with Crippen molar-refractivity contribution in [3.63, 3.8) is 0 Å². The van der Waals surface area contributed by atoms with Crippen LogP contribution in [-0.4, -0.2) is 60.9 Å². The van der Waals surface area contributed by atoms with Gasteiger partial charge in [-0.15, -0.1) is 0 Å². The molecule has 1 aromatic rings. The normalized spacial score (nSPS) is 22.7. The van der Waals surface area contributed by atoms with Crippen molar-refractivity contribution >= 4 is 15.9 Å². The summed E-state index contributed by atoms with van der Waals surface area (Å²) in [5.74, 6) is -0.423. The van der Waals surface area contributed by atoms with Crippen molar-refractivity contribution in [3.05, 3.63) is 29.8 Å². The number of aliphatic hydroxyl groups excluding tert-OH is 1. The van der Waals surface area contributed by atoms with Crippen molar-refractivity contribution in [3.8, 4) is 6.07 Å². The number of hydrogen-bond donors (Lipinski definition) is 1. The fraction of sp³-hybridized carbons (Fsp3) is 0.500. The van der Waals surface area contributed by atoms with Crippen LogP contribution in [0.1, 0.15) is 23.2 Å². The topological polar surface area (TPSA) is 102 Å². The molecule has 0 saturated carbocycles. The molecule has 2 fully saturated rings. The molecule has 0 unspecified atom stereocenters. The smallest absolute Gasteiger partial charge is 0.253 e. The number of nitrogens with zero attached hydrogens (tertiary/aromatic N) is 3. The Hall–Kier alpha value is -1.95. The van der Waals surface area contributed by atoms with E-state index in [0.29, 0.717) is 18.7 Å². The molecule has 2 aliphatic heterocycles. The standard InChI is InChI=1S/C16H19N3O4S/c17-8-12-3-2-6-18(9-12)16(21)13-4-1-5-15(7-13)24(22,23)19-10-14(20)11-19/h1,4-5,7,12,14,20H,2-3,6,9-11H2/t12-/m0/s1. The molecule has 0 aromatic heterocycles. The second-order valence-corrected chi connectivity index (χ2v) is 8.16. The van der Waals surface area contributed by atoms with Crippen LogP contribution < -0.4 is 0 Å². The molecule has 7 nitrogen and oxygen atoms in total. The van der Waals surface area contributed by atoms with Gasteiger partial charge in [-0.3, -0.25) is 4.79 Å². The number of amides is 1. The van der Waals surface area contributed by atoms with Gasteiger partial charge < -0.3 is 10.0 Å². The lowest BCUT2D eigenvalue weighted by molar-refractivity contribution is 0.0547. The van der Waals surface area contributed by atoms with Gasteiger partial charge >= 0.3 is 0 Å². The fourth-order valence-corrected chi connectivity index (χ4v) is 4.56. The zero-order valence-corrected chi connectivity index (χ0v) is 13.9. The molecule has 0 aliphatic carbocycles. The Morgan fingerprint density at radius 2 is 2.04 bits per heavy atom. The lowest BCUT2D eigenvalue weighted by Crippen LogP contribution is -2.53. The van der Waals surface area contributed by atoms with Crippen molar-refractivity contribution in [2.45, 2.75) is 23.8 Å². The van der Waals surface area contributed by atoms with Crippen molar-refractivity contribution in [2.75, 3.05) is 26.2 Å². The van der Waals surface area contributed by atoms with Crippen LogP contribution >= 0.6 is 0 Å². The zero-order chi connectivity index (χ0) is 17.3. The van der Waals surface area contributed by atoms with Gasteiger partial charge in [-0.1, -0.05) is 6.07 Å². The maximum atomic E-state index is 12.6. The highest BCUT2D eigenvalue weighted by atomic mass is 32.2. The second-order valence-electron chi connectivity index (χ2n) is 6.22. The van der Waals surface area contributed by atoms with E-state index in [2.05, 4.69) is 6.07 Å². The van der Waals surface area contributed by atoms with Gasteiger partial charge in [0.05, 0.1) is 23.0 Å². The van der Waals surface area contributed by atoms with Crippen LogP contribution in [-0.2, 0) is 10.0 Å². The first kappa shape index (κ1) is 16.9. The molecule has 128 valence electrons. The van der Waals surface area contributed by atoms with Crippen LogP contribution in [0.5, 0.6) is 0 Å². The van der Waals surface area contributed by atoms with E-state index in [4.69, 9.17) is 5.26 Å². The predicted octanol–water partition coefficient (Wildman–Crippen LogP) is 0.428. The number of rotatable bonds is 3. The highest BCUT2D eigenvalue weighted by molar-refractivity contribution is 7.89. The van der Waals surface area contributed by atoms with E-state index >= 15 is 0 Å². The summed E-state index contributed by atoms with van der Waals surface area (Å²) in [6.07, 6.45) is 0.931. The number of hydrogen-bond acceptors (Lipinski definition) is 5. The molecule has 1 aromatic carbocycles. The highest BCUT2D eigenvalue weighted by Gasteiger charge is 2.36. The third kappa shape index (κ3) is 3.15. The molecule has 2 heterocycles. The van der Waals surface area contributed by atoms with Crippen molar-refractivity contribution in [1.29, 1.82) is 5.26 Å². The lowest BCUT2D eigenvalue weighted by atomic mass is 9.99. The van der Waals surface area contributed by atoms with Gasteiger partial charge in [-0.05, 0) is 31.0 Å². The summed E-state index contributed by atoms with van der Waals surface area (Å²) < 4.78 is 26.1. The first-order valence-corrected chi connectivity index (χ1v) is 9.33. The van der Waals surface area contributed by atoms with Crippen LogP contribution in [0.4, 0.5) is 0 Å². The molecule has 1 N–H and O–H groups in total. The second kappa shape index (κ2) is 6.51. The highest BCUT2D eigenvalue weighted by Crippen LogP contribution is 2.24. The van der Waals surface area contributed by atoms with Gasteiger partial charge in [0.25, 0.3) is 5.91 Å². The van der Waals surface area contributed by atoms with Gasteiger partial charge in [-0.2, -0.15) is 9.57 Å². The van der Waals surface area contributed by atoms with E-state index in [9.17, 15) is 18.3 Å². The number of carbonyl (C=O) groups excluding carboxylic acids is 1. The van der Waals surface area contributed by atoms with E-state index in [1.54, 1.807) is 17.0 Å². The summed E-state index contributed by atoms with van der Waals surface area (Å²) in [6.45, 7) is 1.11. The molecule has 1 atom stereocenters. The first-order valence-electron chi connectivity index (χ1n) is 7.89. The molecule has 0 spiro atoms. The van der Waals surface area contributed by atoms with Crippen molar-refractivity contribution in [2.24, 2.45) is 5.92 Å². The summed E-state index contributed by atoms with van der Waals surface area (Å²) in [7, 11) is -3.69. The van der Waals surface area contributed by atoms with Gasteiger partial charge in [0.15, 0.2) is 0 Å². The van der Waals surface area contributed by atoms with Gasteiger partial charge in [0, 0.05) is 31.7 Å². The Morgan fingerprint density at radius 1 is 1.29 bits per heavy atom. The molecular formula is C16H19N3O4S. The number of β-amino-alcohol motifs (C(OH)–C–C–N with tert-alkyl or cyclic N) is 1. The van der Waals surface area contributed by atoms with E-state index in [1.165, 1.54) is 16.4 Å². The Labute approximate surface area is 141 Å². The number of carbonyl (C=O) groups is 1. The van der Waals surface area contributed by atoms with Gasteiger partial charge in [0.1, 0.15) is 0 Å². The number of likely N-dealkylation sites (tertiary alicyclic amines) is 1. The van der Waals surface area contributed by atoms with E-state index in [0.717, 1.165) is 12.8 Å². The largest absolute Gasteiger partial charge is 0.390 e. The molecule has 0 bridgehead atoms. The maximum absolute atomic E-state index is 12.6. The van der Waals surface area contributed by atoms with Crippen LogP contribution in [0.3, 0.4) is 0 Å². The summed E-state index contributed by atoms with van der Waals surface area (Å²) >= 11 is 0. The molecule has 3 rings (SSSR count). The average molecular weight is 349 g/mol. The van der Waals surface area contributed by atoms with Crippen LogP contribution in [0.15, 0.2) is 29.2 Å². The maximum Gasteiger partial charge on any atom is 0.253 e. The van der Waals surface area contributed by atoms with E-state index < -0.39 is 16.1 Å². The molecule has 24 heavy (non-hydrogen) atoms. The summed E-state index contributed by atoms with van der Waals surface area (Å²) in [5, 5.41) is 18.3. The predicted molar refractivity (Wildman–Crippen MR) is 85.4 cm³/mol. The van der Waals surface area contributed by atoms with Crippen LogP contribution in [0.2, 0.25) is 0 Å². The van der Waals surface area contributed by atoms with Crippen LogP contribution in [0.25, 0.3) is 0 Å². The van der Waals surface area contributed by atoms with E-state index in [1.807, 2.05) is 0 Å². The van der Waals surface area contributed by atoms with Gasteiger partial charge in [-0.25, -0.2) is 8.42 Å². The molecule has 1 amide bonds. The SMILES string of the molecule is N#C[C@@H]1CCCN(C(=O)c2cccc(S(=O)(=O)N3CC(O)C3)c2)C1. The quantitative estimate of drug-likeness (QED) is 0.852. The third-order valence-corrected chi connectivity index (χ3v) is 6.27. The minimum Gasteiger partial charge on any atom is -0.390 e. The lowest BCUT2D eigenvalue weighted by Gasteiger charge is -2.34. The molecule has 8 heteroatoms. The molecule has 2 saturated heterocycles. The Balaban J connectivity index is 1.80. The number of piperidine rings is 1. The fourth-order valence-electron chi connectivity index (χ4n) is 3.00. The summed E-state index contributed by atoms with van der Waals surface area (Å²) in [6, 6.07) is 8.14. The minimum atomic E-state index is -3.69. The Morgan fingerprint density at radius 3 is 2.71 bits per heavy atom. The third-order valence-electron chi connectivity index (χ3n) is 4.44. The molecule has 0 radical (unpaired) electrons. The molecular weight excluding hydrogens is 330 g/mol. The number of sulfonamides is 1. The number of nitriles is 1. The van der Waals surface area contributed by atoms with Crippen molar-refractivity contribution in [1.82, 2.24) is 9.21 Å². The molecule has 2 aliphatic rings. The average Bonchev–Trinajstić information content (AvgIpc) is 2.58. The Kier molecular flexibility index (Phi) is 4.58. The number of benzene rings is 1. The minimum absolute atomic E-state index is 0.0501. The van der Waals surface area contributed by atoms with E-state index in [-0.39, 0.29) is 29.8 Å². The zero-order valence-electron chi connectivity index (χ0n) is 13.1. The van der Waals surface area contributed by atoms with Gasteiger partial charge in [0.2, 0.25) is 10.0 Å². The summed E-state index contributed by atoms with van der Waals surface area (Å²) in [4.78, 5) is 14.3. The number of aliphatic hydroxyl groups is 1. The summed E-state index contributed by atoms with van der Waals surface area (Å²) in [5.41, 5.74) is 0.302. The van der Waals surface area contributed by atoms with Crippen LogP contribution in [0, 0.1) is 17.2 Å². The first-order chi connectivity index (χ1) is 11.4. The van der Waals surface area contributed by atoms with Crippen molar-refractivity contribution < 1.29 is 18.3 Å². The Bertz CT molecular complexity index is 781. The monoisotopic (exact) mass is 349 g/mol.